The van der Waals surface area contributed by atoms with Gasteiger partial charge in [-0.3, -0.25) is 0 Å². The average Bonchev–Trinajstić information content (AvgIpc) is 2.25. The number of rotatable bonds is 6. The first-order valence-electron chi connectivity index (χ1n) is 5.50. The fraction of sp³-hybridized carbons (Fsp3) is 0.538. The second-order valence-electron chi connectivity index (χ2n) is 3.67. The van der Waals surface area contributed by atoms with Gasteiger partial charge >= 0.3 is 0 Å². The zero-order valence-electron chi connectivity index (χ0n) is 8.93. The van der Waals surface area contributed by atoms with Crippen LogP contribution in [0.4, 0.5) is 0 Å². The van der Waals surface area contributed by atoms with Crippen molar-refractivity contribution in [3.63, 3.8) is 0 Å². The summed E-state index contributed by atoms with van der Waals surface area (Å²) in [6.07, 6.45) is 6.33. The van der Waals surface area contributed by atoms with E-state index in [2.05, 4.69) is 47.1 Å². The Labute approximate surface area is 95.9 Å². The molecule has 0 fully saturated rings. The van der Waals surface area contributed by atoms with Crippen LogP contribution >= 0.6 is 15.9 Å². The number of hydrogen-bond donors (Lipinski definition) is 0. The minimum absolute atomic E-state index is 1.14. The third kappa shape index (κ3) is 4.28. The van der Waals surface area contributed by atoms with Crippen LogP contribution in [0.15, 0.2) is 24.3 Å². The van der Waals surface area contributed by atoms with Crippen LogP contribution in [0.3, 0.4) is 0 Å². The normalized spacial score (nSPS) is 10.4. The van der Waals surface area contributed by atoms with Crippen LogP contribution in [0.2, 0.25) is 0 Å². The molecule has 0 aromatic heterocycles. The Morgan fingerprint density at radius 1 is 0.929 bits per heavy atom. The summed E-state index contributed by atoms with van der Waals surface area (Å²) in [5, 5.41) is 1.14. The highest BCUT2D eigenvalue weighted by Gasteiger charge is 1.93. The van der Waals surface area contributed by atoms with E-state index in [9.17, 15) is 0 Å². The van der Waals surface area contributed by atoms with Crippen LogP contribution in [0, 0.1) is 0 Å². The van der Waals surface area contributed by atoms with E-state index in [1.807, 2.05) is 0 Å². The van der Waals surface area contributed by atoms with Crippen molar-refractivity contribution in [2.24, 2.45) is 0 Å². The van der Waals surface area contributed by atoms with Crippen molar-refractivity contribution >= 4 is 15.9 Å². The number of benzene rings is 1. The second-order valence-corrected chi connectivity index (χ2v) is 4.46. The highest BCUT2D eigenvalue weighted by Crippen LogP contribution is 2.09. The van der Waals surface area contributed by atoms with E-state index in [4.69, 9.17) is 0 Å². The van der Waals surface area contributed by atoms with E-state index in [1.54, 1.807) is 0 Å². The van der Waals surface area contributed by atoms with Crippen LogP contribution < -0.4 is 0 Å². The molecular formula is C13H19Br. The lowest BCUT2D eigenvalue weighted by Crippen LogP contribution is -1.87. The molecule has 0 heterocycles. The molecule has 1 rings (SSSR count). The standard InChI is InChI=1S/C13H19Br/c1-2-12-7-9-13(10-8-12)6-4-3-5-11-14/h7-10H,2-6,11H2,1H3. The van der Waals surface area contributed by atoms with E-state index in [0.717, 1.165) is 11.8 Å². The molecule has 0 saturated heterocycles. The molecule has 0 radical (unpaired) electrons. The molecule has 0 aliphatic heterocycles. The summed E-state index contributed by atoms with van der Waals surface area (Å²) in [5.41, 5.74) is 2.92. The Bertz CT molecular complexity index is 238. The second kappa shape index (κ2) is 7.05. The number of hydrogen-bond acceptors (Lipinski definition) is 0. The van der Waals surface area contributed by atoms with Gasteiger partial charge in [-0.1, -0.05) is 53.5 Å². The van der Waals surface area contributed by atoms with Crippen LogP contribution in [-0.2, 0) is 12.8 Å². The maximum atomic E-state index is 3.45. The molecule has 0 spiro atoms. The van der Waals surface area contributed by atoms with Crippen molar-refractivity contribution in [3.8, 4) is 0 Å². The molecule has 0 atom stereocenters. The Kier molecular flexibility index (Phi) is 5.93. The summed E-state index contributed by atoms with van der Waals surface area (Å²) in [6.45, 7) is 2.20. The molecule has 1 heteroatoms. The molecule has 78 valence electrons. The van der Waals surface area contributed by atoms with E-state index < -0.39 is 0 Å². The van der Waals surface area contributed by atoms with E-state index in [0.29, 0.717) is 0 Å². The predicted octanol–water partition coefficient (Wildman–Crippen LogP) is 4.36. The molecule has 0 aliphatic rings. The van der Waals surface area contributed by atoms with Crippen molar-refractivity contribution in [1.29, 1.82) is 0 Å². The summed E-state index contributed by atoms with van der Waals surface area (Å²) in [4.78, 5) is 0. The minimum Gasteiger partial charge on any atom is -0.0928 e. The summed E-state index contributed by atoms with van der Waals surface area (Å²) in [5.74, 6) is 0. The Hall–Kier alpha value is -0.300. The molecule has 14 heavy (non-hydrogen) atoms. The molecule has 0 amide bonds. The van der Waals surface area contributed by atoms with Gasteiger partial charge < -0.3 is 0 Å². The van der Waals surface area contributed by atoms with Crippen molar-refractivity contribution < 1.29 is 0 Å². The Morgan fingerprint density at radius 2 is 1.57 bits per heavy atom. The van der Waals surface area contributed by atoms with Crippen molar-refractivity contribution in [1.82, 2.24) is 0 Å². The largest absolute Gasteiger partial charge is 0.0928 e. The first-order valence-corrected chi connectivity index (χ1v) is 6.62. The molecule has 0 bridgehead atoms. The summed E-state index contributed by atoms with van der Waals surface area (Å²) < 4.78 is 0. The SMILES string of the molecule is CCc1ccc(CCCCCBr)cc1. The van der Waals surface area contributed by atoms with E-state index in [-0.39, 0.29) is 0 Å². The van der Waals surface area contributed by atoms with Gasteiger partial charge in [-0.25, -0.2) is 0 Å². The van der Waals surface area contributed by atoms with Crippen LogP contribution in [0.25, 0.3) is 0 Å². The summed E-state index contributed by atoms with van der Waals surface area (Å²) in [7, 11) is 0. The maximum absolute atomic E-state index is 3.45. The first kappa shape index (κ1) is 11.8. The van der Waals surface area contributed by atoms with Crippen molar-refractivity contribution in [3.05, 3.63) is 35.4 Å². The third-order valence-corrected chi connectivity index (χ3v) is 3.09. The quantitative estimate of drug-likeness (QED) is 0.523. The Morgan fingerprint density at radius 3 is 2.14 bits per heavy atom. The lowest BCUT2D eigenvalue weighted by atomic mass is 10.0. The molecule has 0 saturated carbocycles. The number of alkyl halides is 1. The van der Waals surface area contributed by atoms with Gasteiger partial charge in [0.05, 0.1) is 0 Å². The molecule has 0 nitrogen and oxygen atoms in total. The van der Waals surface area contributed by atoms with Gasteiger partial charge in [0, 0.05) is 5.33 Å². The molecule has 0 aliphatic carbocycles. The van der Waals surface area contributed by atoms with Gasteiger partial charge in [-0.2, -0.15) is 0 Å². The van der Waals surface area contributed by atoms with Gasteiger partial charge in [0.1, 0.15) is 0 Å². The monoisotopic (exact) mass is 254 g/mol. The maximum Gasteiger partial charge on any atom is 0.00313 e. The number of aryl methyl sites for hydroxylation is 2. The zero-order valence-corrected chi connectivity index (χ0v) is 10.5. The summed E-state index contributed by atoms with van der Waals surface area (Å²) in [6, 6.07) is 9.04. The zero-order chi connectivity index (χ0) is 10.2. The van der Waals surface area contributed by atoms with Gasteiger partial charge in [-0.15, -0.1) is 0 Å². The van der Waals surface area contributed by atoms with Crippen LogP contribution in [-0.4, -0.2) is 5.33 Å². The molecule has 1 aromatic rings. The van der Waals surface area contributed by atoms with E-state index >= 15 is 0 Å². The highest BCUT2D eigenvalue weighted by molar-refractivity contribution is 9.09. The van der Waals surface area contributed by atoms with Gasteiger partial charge in [0.15, 0.2) is 0 Å². The number of unbranched alkanes of at least 4 members (excludes halogenated alkanes) is 2. The van der Waals surface area contributed by atoms with Crippen LogP contribution in [0.5, 0.6) is 0 Å². The average molecular weight is 255 g/mol. The van der Waals surface area contributed by atoms with Crippen molar-refractivity contribution in [2.45, 2.75) is 39.0 Å². The molecule has 1 aromatic carbocycles. The van der Waals surface area contributed by atoms with E-state index in [1.165, 1.54) is 36.8 Å². The Balaban J connectivity index is 2.29. The topological polar surface area (TPSA) is 0 Å². The smallest absolute Gasteiger partial charge is 0.00313 e. The fourth-order valence-electron chi connectivity index (χ4n) is 1.54. The third-order valence-electron chi connectivity index (χ3n) is 2.53. The fourth-order valence-corrected chi connectivity index (χ4v) is 1.94. The van der Waals surface area contributed by atoms with Gasteiger partial charge in [-0.05, 0) is 36.8 Å². The minimum atomic E-state index is 1.14. The predicted molar refractivity (Wildman–Crippen MR) is 67.2 cm³/mol. The highest BCUT2D eigenvalue weighted by atomic mass is 79.9. The number of halogens is 1. The first-order chi connectivity index (χ1) is 6.86. The molecule has 0 N–H and O–H groups in total. The summed E-state index contributed by atoms with van der Waals surface area (Å²) >= 11 is 3.45. The lowest BCUT2D eigenvalue weighted by Gasteiger charge is -2.02. The van der Waals surface area contributed by atoms with Crippen molar-refractivity contribution in [2.75, 3.05) is 5.33 Å². The molecular weight excluding hydrogens is 236 g/mol. The van der Waals surface area contributed by atoms with Gasteiger partial charge in [0.25, 0.3) is 0 Å². The lowest BCUT2D eigenvalue weighted by molar-refractivity contribution is 0.724. The van der Waals surface area contributed by atoms with Crippen LogP contribution in [0.1, 0.15) is 37.3 Å². The molecule has 0 unspecified atom stereocenters. The van der Waals surface area contributed by atoms with Gasteiger partial charge in [0.2, 0.25) is 0 Å².